The molecule has 10 heteroatoms. The molecule has 0 aromatic heterocycles. The van der Waals surface area contributed by atoms with Crippen LogP contribution in [-0.2, 0) is 20.7 Å². The molecule has 4 rings (SSSR count). The molecular formula is C28H34N2O8. The maximum Gasteiger partial charge on any atom is 0.410 e. The number of phenols is 1. The second-order valence-electron chi connectivity index (χ2n) is 10.6. The molecule has 2 aromatic carbocycles. The van der Waals surface area contributed by atoms with E-state index >= 15 is 0 Å². The number of ether oxygens (including phenoxy) is 4. The summed E-state index contributed by atoms with van der Waals surface area (Å²) in [5.74, 6) is -0.263. The molecule has 1 fully saturated rings. The van der Waals surface area contributed by atoms with E-state index in [-0.39, 0.29) is 42.2 Å². The van der Waals surface area contributed by atoms with Crippen LogP contribution in [0.3, 0.4) is 0 Å². The van der Waals surface area contributed by atoms with Gasteiger partial charge in [-0.15, -0.1) is 0 Å². The number of methoxy groups -OCH3 is 1. The molecule has 2 N–H and O–H groups in total. The first-order valence-corrected chi connectivity index (χ1v) is 12.6. The molecule has 2 aliphatic rings. The van der Waals surface area contributed by atoms with Gasteiger partial charge >= 0.3 is 12.1 Å². The number of phenolic OH excluding ortho intramolecular Hbond substituents is 1. The molecule has 0 spiro atoms. The number of aromatic hydroxyl groups is 1. The van der Waals surface area contributed by atoms with E-state index in [9.17, 15) is 19.5 Å². The number of carbonyl (C=O) groups is 3. The number of hydrogen-bond acceptors (Lipinski definition) is 8. The zero-order chi connectivity index (χ0) is 27.6. The summed E-state index contributed by atoms with van der Waals surface area (Å²) >= 11 is 0. The normalized spacial score (nSPS) is 18.9. The third-order valence-corrected chi connectivity index (χ3v) is 6.33. The third kappa shape index (κ3) is 6.30. The van der Waals surface area contributed by atoms with Crippen LogP contribution < -0.4 is 14.8 Å². The van der Waals surface area contributed by atoms with Gasteiger partial charge in [-0.3, -0.25) is 9.69 Å². The maximum absolute atomic E-state index is 13.1. The van der Waals surface area contributed by atoms with Gasteiger partial charge in [0.2, 0.25) is 5.91 Å². The number of fused-ring (bicyclic) bond motifs is 1. The zero-order valence-corrected chi connectivity index (χ0v) is 22.3. The fourth-order valence-corrected chi connectivity index (χ4v) is 4.62. The first kappa shape index (κ1) is 27.1. The number of anilines is 1. The average molecular weight is 527 g/mol. The summed E-state index contributed by atoms with van der Waals surface area (Å²) in [4.78, 5) is 38.7. The quantitative estimate of drug-likeness (QED) is 0.537. The second-order valence-corrected chi connectivity index (χ2v) is 10.6. The smallest absolute Gasteiger partial charge is 0.410 e. The van der Waals surface area contributed by atoms with Crippen molar-refractivity contribution in [3.05, 3.63) is 47.0 Å². The number of esters is 1. The van der Waals surface area contributed by atoms with Gasteiger partial charge in [0.15, 0.2) is 0 Å². The first-order valence-electron chi connectivity index (χ1n) is 12.6. The highest BCUT2D eigenvalue weighted by Gasteiger charge is 2.39. The molecule has 0 saturated carbocycles. The van der Waals surface area contributed by atoms with Gasteiger partial charge in [-0.05, 0) is 63.4 Å². The molecule has 2 atom stereocenters. The Labute approximate surface area is 221 Å². The number of carbonyl (C=O) groups excluding carboxylic acids is 3. The Morgan fingerprint density at radius 1 is 1.16 bits per heavy atom. The molecule has 0 aliphatic carbocycles. The monoisotopic (exact) mass is 526 g/mol. The molecule has 2 amide bonds. The Morgan fingerprint density at radius 2 is 1.92 bits per heavy atom. The molecule has 0 radical (unpaired) electrons. The molecule has 38 heavy (non-hydrogen) atoms. The average Bonchev–Trinajstić information content (AvgIpc) is 3.23. The summed E-state index contributed by atoms with van der Waals surface area (Å²) in [7, 11) is 1.22. The predicted octanol–water partition coefficient (Wildman–Crippen LogP) is 4.21. The molecule has 2 aliphatic heterocycles. The Hall–Kier alpha value is -3.95. The predicted molar refractivity (Wildman–Crippen MR) is 139 cm³/mol. The van der Waals surface area contributed by atoms with Crippen molar-refractivity contribution >= 4 is 23.7 Å². The molecule has 10 nitrogen and oxygen atoms in total. The van der Waals surface area contributed by atoms with E-state index < -0.39 is 23.7 Å². The summed E-state index contributed by atoms with van der Waals surface area (Å²) in [6.07, 6.45) is 0.709. The van der Waals surface area contributed by atoms with E-state index in [4.69, 9.17) is 18.9 Å². The molecule has 0 unspecified atom stereocenters. The standard InChI is InChI=1S/C28H34N2O8/c1-16-10-22(31)25(26(33)35-5)23(11-16)36-15-18-12-20(14-30(18)27(34)38-28(2,3)4)37-19-8-6-17-7-9-24(32)29-21(17)13-19/h6,8,10-11,13,18,20,31H,7,9,12,14-15H2,1-5H3,(H,29,32)/t18-,20+/m1/s1. The van der Waals surface area contributed by atoms with E-state index in [1.165, 1.54) is 13.2 Å². The molecule has 0 bridgehead atoms. The largest absolute Gasteiger partial charge is 0.507 e. The van der Waals surface area contributed by atoms with Crippen molar-refractivity contribution in [2.24, 2.45) is 0 Å². The maximum atomic E-state index is 13.1. The van der Waals surface area contributed by atoms with Crippen molar-refractivity contribution in [2.75, 3.05) is 25.6 Å². The van der Waals surface area contributed by atoms with Gasteiger partial charge in [-0.25, -0.2) is 9.59 Å². The Balaban J connectivity index is 1.53. The van der Waals surface area contributed by atoms with Gasteiger partial charge in [-0.1, -0.05) is 6.07 Å². The topological polar surface area (TPSA) is 124 Å². The number of rotatable bonds is 6. The minimum absolute atomic E-state index is 0.0302. The molecular weight excluding hydrogens is 492 g/mol. The van der Waals surface area contributed by atoms with Crippen LogP contribution in [0, 0.1) is 6.92 Å². The van der Waals surface area contributed by atoms with Crippen LogP contribution in [0.15, 0.2) is 30.3 Å². The third-order valence-electron chi connectivity index (χ3n) is 6.33. The van der Waals surface area contributed by atoms with Crippen molar-refractivity contribution in [3.8, 4) is 17.2 Å². The summed E-state index contributed by atoms with van der Waals surface area (Å²) < 4.78 is 22.6. The lowest BCUT2D eigenvalue weighted by molar-refractivity contribution is -0.116. The number of likely N-dealkylation sites (tertiary alicyclic amines) is 1. The summed E-state index contributed by atoms with van der Waals surface area (Å²) in [6.45, 7) is 7.43. The Bertz CT molecular complexity index is 1240. The van der Waals surface area contributed by atoms with Crippen LogP contribution in [0.5, 0.6) is 17.2 Å². The van der Waals surface area contributed by atoms with E-state index in [1.807, 2.05) is 12.1 Å². The summed E-state index contributed by atoms with van der Waals surface area (Å²) in [5.41, 5.74) is 1.70. The van der Waals surface area contributed by atoms with Crippen LogP contribution in [0.4, 0.5) is 10.5 Å². The lowest BCUT2D eigenvalue weighted by Crippen LogP contribution is -2.42. The Morgan fingerprint density at radius 3 is 2.63 bits per heavy atom. The van der Waals surface area contributed by atoms with Gasteiger partial charge in [0.1, 0.15) is 41.1 Å². The molecule has 2 aromatic rings. The summed E-state index contributed by atoms with van der Waals surface area (Å²) in [5, 5.41) is 13.2. The van der Waals surface area contributed by atoms with Crippen molar-refractivity contribution in [1.29, 1.82) is 0 Å². The second kappa shape index (κ2) is 10.8. The Kier molecular flexibility index (Phi) is 7.71. The highest BCUT2D eigenvalue weighted by atomic mass is 16.6. The molecule has 2 heterocycles. The van der Waals surface area contributed by atoms with Gasteiger partial charge < -0.3 is 29.4 Å². The van der Waals surface area contributed by atoms with E-state index in [0.717, 1.165) is 11.3 Å². The summed E-state index contributed by atoms with van der Waals surface area (Å²) in [6, 6.07) is 8.24. The van der Waals surface area contributed by atoms with Crippen molar-refractivity contribution in [2.45, 2.75) is 64.7 Å². The molecule has 1 saturated heterocycles. The number of nitrogens with one attached hydrogen (secondary N) is 1. The van der Waals surface area contributed by atoms with Crippen LogP contribution in [0.25, 0.3) is 0 Å². The highest BCUT2D eigenvalue weighted by molar-refractivity contribution is 5.95. The lowest BCUT2D eigenvalue weighted by atomic mass is 10.0. The van der Waals surface area contributed by atoms with Crippen LogP contribution in [0.2, 0.25) is 0 Å². The van der Waals surface area contributed by atoms with Gasteiger partial charge in [-0.2, -0.15) is 0 Å². The number of amides is 2. The number of aryl methyl sites for hydroxylation is 2. The van der Waals surface area contributed by atoms with Gasteiger partial charge in [0, 0.05) is 24.6 Å². The SMILES string of the molecule is COC(=O)c1c(O)cc(C)cc1OC[C@H]1C[C@H](Oc2ccc3c(c2)NC(=O)CC3)CN1C(=O)OC(C)(C)C. The lowest BCUT2D eigenvalue weighted by Gasteiger charge is -2.28. The fraction of sp³-hybridized carbons (Fsp3) is 0.464. The van der Waals surface area contributed by atoms with E-state index in [1.54, 1.807) is 44.7 Å². The minimum Gasteiger partial charge on any atom is -0.507 e. The number of benzene rings is 2. The van der Waals surface area contributed by atoms with Crippen molar-refractivity contribution < 1.29 is 38.4 Å². The van der Waals surface area contributed by atoms with Gasteiger partial charge in [0.25, 0.3) is 0 Å². The van der Waals surface area contributed by atoms with E-state index in [0.29, 0.717) is 30.6 Å². The number of nitrogens with zero attached hydrogens (tertiary/aromatic N) is 1. The van der Waals surface area contributed by atoms with Gasteiger partial charge in [0.05, 0.1) is 19.7 Å². The fourth-order valence-electron chi connectivity index (χ4n) is 4.62. The minimum atomic E-state index is -0.728. The number of hydrogen-bond donors (Lipinski definition) is 2. The van der Waals surface area contributed by atoms with E-state index in [2.05, 4.69) is 5.32 Å². The van der Waals surface area contributed by atoms with Crippen LogP contribution in [-0.4, -0.2) is 66.0 Å². The van der Waals surface area contributed by atoms with Crippen molar-refractivity contribution in [1.82, 2.24) is 4.90 Å². The van der Waals surface area contributed by atoms with Crippen LogP contribution in [0.1, 0.15) is 55.1 Å². The first-order chi connectivity index (χ1) is 17.9. The molecule has 204 valence electrons. The van der Waals surface area contributed by atoms with Crippen LogP contribution >= 0.6 is 0 Å². The zero-order valence-electron chi connectivity index (χ0n) is 22.3. The highest BCUT2D eigenvalue weighted by Crippen LogP contribution is 2.33. The van der Waals surface area contributed by atoms with Crippen molar-refractivity contribution in [3.63, 3.8) is 0 Å².